The van der Waals surface area contributed by atoms with E-state index in [9.17, 15) is 0 Å². The molecule has 0 saturated heterocycles. The van der Waals surface area contributed by atoms with E-state index in [1.165, 1.54) is 5.56 Å². The molecule has 0 spiro atoms. The van der Waals surface area contributed by atoms with Crippen LogP contribution in [0.5, 0.6) is 0 Å². The molecule has 0 unspecified atom stereocenters. The number of aryl methyl sites for hydroxylation is 1. The van der Waals surface area contributed by atoms with Gasteiger partial charge in [0.2, 0.25) is 0 Å². The number of benzene rings is 1. The molecule has 0 amide bonds. The van der Waals surface area contributed by atoms with Crippen molar-refractivity contribution in [2.24, 2.45) is 0 Å². The first-order valence-electron chi connectivity index (χ1n) is 3.74. The molecule has 0 heterocycles. The first-order chi connectivity index (χ1) is 5.33. The highest BCUT2D eigenvalue weighted by Gasteiger charge is 1.91. The summed E-state index contributed by atoms with van der Waals surface area (Å²) in [6.45, 7) is 0.239. The predicted molar refractivity (Wildman–Crippen MR) is 44.6 cm³/mol. The van der Waals surface area contributed by atoms with Gasteiger partial charge in [0.25, 0.3) is 0 Å². The van der Waals surface area contributed by atoms with Crippen molar-refractivity contribution in [1.29, 1.82) is 0 Å². The highest BCUT2D eigenvalue weighted by atomic mass is 16.2. The predicted octanol–water partition coefficient (Wildman–Crippen LogP) is 1.53. The second-order valence-corrected chi connectivity index (χ2v) is 2.52. The van der Waals surface area contributed by atoms with E-state index < -0.39 is 0 Å². The minimum Gasteiger partial charge on any atom is -0.396 e. The molecular weight excluding hydrogens is 138 g/mol. The fourth-order valence-corrected chi connectivity index (χ4v) is 0.955. The Morgan fingerprint density at radius 1 is 1.18 bits per heavy atom. The molecule has 2 heteroatoms. The van der Waals surface area contributed by atoms with Crippen LogP contribution in [0.2, 0.25) is 0 Å². The topological polar surface area (TPSA) is 44.0 Å². The maximum atomic E-state index is 8.55. The monoisotopic (exact) mass is 150 g/mol. The zero-order chi connectivity index (χ0) is 8.10. The summed E-state index contributed by atoms with van der Waals surface area (Å²) in [7, 11) is 0. The third-order valence-electron chi connectivity index (χ3n) is 1.58. The number of hydrogen-bond acceptors (Lipinski definition) is 1. The van der Waals surface area contributed by atoms with Crippen molar-refractivity contribution >= 4 is 5.69 Å². The molecule has 1 aromatic carbocycles. The Bertz CT molecular complexity index is 205. The SMILES string of the molecule is [NH]c1ccc(CCCO)cc1. The zero-order valence-corrected chi connectivity index (χ0v) is 6.38. The lowest BCUT2D eigenvalue weighted by Crippen LogP contribution is -1.88. The van der Waals surface area contributed by atoms with Crippen LogP contribution in [0.4, 0.5) is 5.69 Å². The highest BCUT2D eigenvalue weighted by molar-refractivity contribution is 5.35. The zero-order valence-electron chi connectivity index (χ0n) is 6.38. The summed E-state index contributed by atoms with van der Waals surface area (Å²) in [5.41, 5.74) is 8.95. The summed E-state index contributed by atoms with van der Waals surface area (Å²) in [5, 5.41) is 8.55. The average Bonchev–Trinajstić information content (AvgIpc) is 2.04. The van der Waals surface area contributed by atoms with Gasteiger partial charge in [0.1, 0.15) is 0 Å². The van der Waals surface area contributed by atoms with Gasteiger partial charge in [0.05, 0.1) is 5.69 Å². The van der Waals surface area contributed by atoms with Gasteiger partial charge in [0, 0.05) is 6.61 Å². The fraction of sp³-hybridized carbons (Fsp3) is 0.333. The van der Waals surface area contributed by atoms with Crippen LogP contribution in [0, 0.1) is 0 Å². The Morgan fingerprint density at radius 2 is 1.82 bits per heavy atom. The third-order valence-corrected chi connectivity index (χ3v) is 1.58. The Balaban J connectivity index is 2.52. The Morgan fingerprint density at radius 3 is 2.36 bits per heavy atom. The highest BCUT2D eigenvalue weighted by Crippen LogP contribution is 2.08. The number of aliphatic hydroxyl groups excluding tert-OH is 1. The van der Waals surface area contributed by atoms with Gasteiger partial charge in [-0.3, -0.25) is 0 Å². The summed E-state index contributed by atoms with van der Waals surface area (Å²) in [4.78, 5) is 0. The van der Waals surface area contributed by atoms with Gasteiger partial charge in [0.15, 0.2) is 0 Å². The largest absolute Gasteiger partial charge is 0.396 e. The molecule has 1 radical (unpaired) electrons. The summed E-state index contributed by atoms with van der Waals surface area (Å²) in [6, 6.07) is 7.40. The maximum absolute atomic E-state index is 8.55. The number of hydrogen-bond donors (Lipinski definition) is 1. The van der Waals surface area contributed by atoms with E-state index in [2.05, 4.69) is 0 Å². The lowest BCUT2D eigenvalue weighted by Gasteiger charge is -1.98. The van der Waals surface area contributed by atoms with Gasteiger partial charge in [-0.2, -0.15) is 0 Å². The number of rotatable bonds is 3. The van der Waals surface area contributed by atoms with E-state index in [4.69, 9.17) is 10.8 Å². The third kappa shape index (κ3) is 2.60. The lowest BCUT2D eigenvalue weighted by molar-refractivity contribution is 0.288. The molecule has 0 aliphatic rings. The van der Waals surface area contributed by atoms with Crippen molar-refractivity contribution in [3.63, 3.8) is 0 Å². The summed E-state index contributed by atoms with van der Waals surface area (Å²) in [5.74, 6) is 0. The van der Waals surface area contributed by atoms with Crippen molar-refractivity contribution in [2.75, 3.05) is 6.61 Å². The van der Waals surface area contributed by atoms with Crippen LogP contribution in [0.3, 0.4) is 0 Å². The van der Waals surface area contributed by atoms with E-state index in [1.807, 2.05) is 12.1 Å². The Kier molecular flexibility index (Phi) is 2.93. The van der Waals surface area contributed by atoms with Gasteiger partial charge in [-0.1, -0.05) is 12.1 Å². The van der Waals surface area contributed by atoms with E-state index in [0.29, 0.717) is 5.69 Å². The first kappa shape index (κ1) is 8.08. The second-order valence-electron chi connectivity index (χ2n) is 2.52. The molecule has 11 heavy (non-hydrogen) atoms. The molecule has 0 aliphatic heterocycles. The molecule has 0 fully saturated rings. The Labute approximate surface area is 66.7 Å². The molecule has 0 aliphatic carbocycles. The Hall–Kier alpha value is -1.02. The molecule has 1 aromatic rings. The van der Waals surface area contributed by atoms with Crippen LogP contribution in [-0.2, 0) is 6.42 Å². The van der Waals surface area contributed by atoms with Crippen molar-refractivity contribution in [3.05, 3.63) is 29.8 Å². The normalized spacial score (nSPS) is 9.91. The maximum Gasteiger partial charge on any atom is 0.0540 e. The molecule has 59 valence electrons. The van der Waals surface area contributed by atoms with E-state index in [-0.39, 0.29) is 6.61 Å². The van der Waals surface area contributed by atoms with Crippen molar-refractivity contribution < 1.29 is 5.11 Å². The summed E-state index contributed by atoms with van der Waals surface area (Å²) >= 11 is 0. The second kappa shape index (κ2) is 3.98. The lowest BCUT2D eigenvalue weighted by atomic mass is 10.1. The van der Waals surface area contributed by atoms with E-state index in [1.54, 1.807) is 12.1 Å². The van der Waals surface area contributed by atoms with Gasteiger partial charge in [-0.15, -0.1) is 0 Å². The van der Waals surface area contributed by atoms with Crippen LogP contribution < -0.4 is 5.73 Å². The molecule has 0 bridgehead atoms. The van der Waals surface area contributed by atoms with Crippen LogP contribution in [0.1, 0.15) is 12.0 Å². The molecule has 1 rings (SSSR count). The van der Waals surface area contributed by atoms with Gasteiger partial charge in [-0.25, -0.2) is 0 Å². The molecule has 0 saturated carbocycles. The van der Waals surface area contributed by atoms with Gasteiger partial charge >= 0.3 is 0 Å². The van der Waals surface area contributed by atoms with Gasteiger partial charge < -0.3 is 10.8 Å². The fourth-order valence-electron chi connectivity index (χ4n) is 0.955. The average molecular weight is 150 g/mol. The van der Waals surface area contributed by atoms with Crippen LogP contribution in [0.15, 0.2) is 24.3 Å². The van der Waals surface area contributed by atoms with E-state index >= 15 is 0 Å². The minimum atomic E-state index is 0.239. The summed E-state index contributed by atoms with van der Waals surface area (Å²) in [6.07, 6.45) is 1.70. The van der Waals surface area contributed by atoms with E-state index in [0.717, 1.165) is 12.8 Å². The van der Waals surface area contributed by atoms with Crippen molar-refractivity contribution in [2.45, 2.75) is 12.8 Å². The number of nitrogens with one attached hydrogen (secondary N) is 1. The van der Waals surface area contributed by atoms with Crippen LogP contribution in [-0.4, -0.2) is 11.7 Å². The number of aliphatic hydroxyl groups is 1. The smallest absolute Gasteiger partial charge is 0.0540 e. The first-order valence-corrected chi connectivity index (χ1v) is 3.74. The van der Waals surface area contributed by atoms with Gasteiger partial charge in [-0.05, 0) is 30.5 Å². The molecular formula is C9H12NO. The van der Waals surface area contributed by atoms with Crippen molar-refractivity contribution in [3.8, 4) is 0 Å². The molecule has 0 atom stereocenters. The molecule has 0 aromatic heterocycles. The molecule has 2 nitrogen and oxygen atoms in total. The van der Waals surface area contributed by atoms with Crippen molar-refractivity contribution in [1.82, 2.24) is 5.73 Å². The minimum absolute atomic E-state index is 0.239. The quantitative estimate of drug-likeness (QED) is 0.697. The van der Waals surface area contributed by atoms with Crippen LogP contribution >= 0.6 is 0 Å². The standard InChI is InChI=1S/C9H12NO/c10-9-5-3-8(4-6-9)2-1-7-11/h3-6,10-11H,1-2,7H2. The molecule has 2 N–H and O–H groups in total. The van der Waals surface area contributed by atoms with Crippen LogP contribution in [0.25, 0.3) is 0 Å². The summed E-state index contributed by atoms with van der Waals surface area (Å²) < 4.78 is 0.